The molecule has 2 heterocycles. The third kappa shape index (κ3) is 4.79. The molecule has 0 radical (unpaired) electrons. The van der Waals surface area contributed by atoms with Gasteiger partial charge in [-0.2, -0.15) is 0 Å². The largest absolute Gasteiger partial charge is 0.457 e. The van der Waals surface area contributed by atoms with Gasteiger partial charge in [-0.1, -0.05) is 29.8 Å². The van der Waals surface area contributed by atoms with Crippen molar-refractivity contribution >= 4 is 17.4 Å². The molecule has 2 aromatic carbocycles. The fourth-order valence-electron chi connectivity index (χ4n) is 3.47. The summed E-state index contributed by atoms with van der Waals surface area (Å²) in [7, 11) is 0. The molecule has 1 aliphatic heterocycles. The zero-order valence-electron chi connectivity index (χ0n) is 15.2. The lowest BCUT2D eigenvalue weighted by molar-refractivity contribution is -0.914. The van der Waals surface area contributed by atoms with E-state index in [1.807, 2.05) is 42.6 Å². The average molecular weight is 382 g/mol. The monoisotopic (exact) mass is 381 g/mol. The first-order valence-corrected chi connectivity index (χ1v) is 9.72. The summed E-state index contributed by atoms with van der Waals surface area (Å²) < 4.78 is 5.96. The molecule has 4 rings (SSSR count). The van der Waals surface area contributed by atoms with Gasteiger partial charge in [-0.25, -0.2) is 4.98 Å². The number of anilines is 1. The highest BCUT2D eigenvalue weighted by Gasteiger charge is 2.25. The molecule has 4 nitrogen and oxygen atoms in total. The van der Waals surface area contributed by atoms with Gasteiger partial charge in [0.05, 0.1) is 6.20 Å². The van der Waals surface area contributed by atoms with Crippen LogP contribution in [0.2, 0.25) is 5.02 Å². The Labute approximate surface area is 165 Å². The van der Waals surface area contributed by atoms with E-state index in [-0.39, 0.29) is 0 Å². The van der Waals surface area contributed by atoms with Crippen LogP contribution in [0.5, 0.6) is 11.5 Å². The standard InChI is InChI=1S/C22H22ClN3O/c23-19-7-9-20(10-8-19)27-21-5-3-4-18(16-21)17-25-12-14-26(15-13-25)22-6-1-2-11-24-22/h1-11,16H,12-15,17H2/p+2. The summed E-state index contributed by atoms with van der Waals surface area (Å²) in [6.07, 6.45) is 1.99. The Morgan fingerprint density at radius 3 is 2.48 bits per heavy atom. The van der Waals surface area contributed by atoms with Crippen LogP contribution in [0.15, 0.2) is 72.9 Å². The van der Waals surface area contributed by atoms with Crippen LogP contribution >= 0.6 is 11.6 Å². The fourth-order valence-corrected chi connectivity index (χ4v) is 3.59. The van der Waals surface area contributed by atoms with Crippen molar-refractivity contribution in [2.45, 2.75) is 6.54 Å². The summed E-state index contributed by atoms with van der Waals surface area (Å²) >= 11 is 5.93. The van der Waals surface area contributed by atoms with Crippen molar-refractivity contribution in [1.82, 2.24) is 0 Å². The first-order valence-electron chi connectivity index (χ1n) is 9.34. The van der Waals surface area contributed by atoms with E-state index in [2.05, 4.69) is 40.2 Å². The molecule has 0 atom stereocenters. The molecule has 0 aliphatic carbocycles. The summed E-state index contributed by atoms with van der Waals surface area (Å²) in [4.78, 5) is 7.35. The van der Waals surface area contributed by atoms with Gasteiger partial charge in [0.15, 0.2) is 0 Å². The third-order valence-corrected chi connectivity index (χ3v) is 5.16. The summed E-state index contributed by atoms with van der Waals surface area (Å²) in [6, 6.07) is 22.1. The summed E-state index contributed by atoms with van der Waals surface area (Å²) in [6.45, 7) is 5.41. The molecule has 0 saturated carbocycles. The van der Waals surface area contributed by atoms with E-state index in [0.717, 1.165) is 44.2 Å². The fraction of sp³-hybridized carbons (Fsp3) is 0.227. The van der Waals surface area contributed by atoms with Gasteiger partial charge in [0.25, 0.3) is 5.82 Å². The number of aromatic nitrogens is 1. The van der Waals surface area contributed by atoms with E-state index in [1.54, 1.807) is 4.90 Å². The molecule has 138 valence electrons. The van der Waals surface area contributed by atoms with E-state index in [1.165, 1.54) is 11.4 Å². The number of H-pyrrole nitrogens is 1. The number of ether oxygens (including phenoxy) is 1. The second-order valence-electron chi connectivity index (χ2n) is 6.87. The maximum atomic E-state index is 5.96. The van der Waals surface area contributed by atoms with Crippen LogP contribution < -0.4 is 19.5 Å². The van der Waals surface area contributed by atoms with Crippen molar-refractivity contribution in [2.24, 2.45) is 0 Å². The molecule has 5 heteroatoms. The van der Waals surface area contributed by atoms with Crippen LogP contribution in [-0.4, -0.2) is 26.2 Å². The number of nitrogens with one attached hydrogen (secondary N) is 2. The summed E-state index contributed by atoms with van der Waals surface area (Å²) in [5.74, 6) is 2.87. The first kappa shape index (κ1) is 17.8. The third-order valence-electron chi connectivity index (χ3n) is 4.91. The van der Waals surface area contributed by atoms with Crippen molar-refractivity contribution in [3.63, 3.8) is 0 Å². The van der Waals surface area contributed by atoms with Crippen molar-refractivity contribution in [3.05, 3.63) is 83.5 Å². The molecule has 1 saturated heterocycles. The molecule has 1 aromatic heterocycles. The second kappa shape index (κ2) is 8.42. The van der Waals surface area contributed by atoms with Gasteiger partial charge in [-0.15, -0.1) is 0 Å². The van der Waals surface area contributed by atoms with Gasteiger partial charge in [0.1, 0.15) is 44.2 Å². The quantitative estimate of drug-likeness (QED) is 0.736. The van der Waals surface area contributed by atoms with Crippen LogP contribution in [0.1, 0.15) is 5.56 Å². The molecule has 0 spiro atoms. The number of pyridine rings is 1. The number of piperazine rings is 1. The lowest BCUT2D eigenvalue weighted by atomic mass is 10.2. The van der Waals surface area contributed by atoms with Gasteiger partial charge in [0.2, 0.25) is 0 Å². The molecule has 1 aliphatic rings. The molecule has 0 amide bonds. The van der Waals surface area contributed by atoms with Crippen molar-refractivity contribution in [3.8, 4) is 11.5 Å². The Hall–Kier alpha value is -2.56. The van der Waals surface area contributed by atoms with Gasteiger partial charge in [-0.05, 0) is 42.5 Å². The zero-order chi connectivity index (χ0) is 18.5. The van der Waals surface area contributed by atoms with E-state index >= 15 is 0 Å². The van der Waals surface area contributed by atoms with Crippen molar-refractivity contribution < 1.29 is 14.6 Å². The smallest absolute Gasteiger partial charge is 0.274 e. The number of benzene rings is 2. The molecule has 2 N–H and O–H groups in total. The topological polar surface area (TPSA) is 31.1 Å². The molecule has 3 aromatic rings. The predicted octanol–water partition coefficient (Wildman–Crippen LogP) is 2.85. The number of quaternary nitrogens is 1. The van der Waals surface area contributed by atoms with Crippen LogP contribution in [-0.2, 0) is 6.54 Å². The van der Waals surface area contributed by atoms with Crippen molar-refractivity contribution in [1.29, 1.82) is 0 Å². The Balaban J connectivity index is 1.34. The minimum atomic E-state index is 0.715. The Morgan fingerprint density at radius 2 is 1.74 bits per heavy atom. The number of halogens is 1. The van der Waals surface area contributed by atoms with Gasteiger partial charge >= 0.3 is 0 Å². The number of nitrogens with zero attached hydrogens (tertiary/aromatic N) is 1. The highest BCUT2D eigenvalue weighted by molar-refractivity contribution is 6.30. The number of rotatable bonds is 5. The van der Waals surface area contributed by atoms with Gasteiger partial charge in [-0.3, -0.25) is 4.90 Å². The zero-order valence-corrected chi connectivity index (χ0v) is 16.0. The molecule has 0 bridgehead atoms. The molecule has 1 fully saturated rings. The second-order valence-corrected chi connectivity index (χ2v) is 7.30. The van der Waals surface area contributed by atoms with Gasteiger partial charge < -0.3 is 9.64 Å². The van der Waals surface area contributed by atoms with Crippen molar-refractivity contribution in [2.75, 3.05) is 31.1 Å². The maximum Gasteiger partial charge on any atom is 0.274 e. The van der Waals surface area contributed by atoms with E-state index < -0.39 is 0 Å². The molecular weight excluding hydrogens is 358 g/mol. The van der Waals surface area contributed by atoms with E-state index in [9.17, 15) is 0 Å². The highest BCUT2D eigenvalue weighted by atomic mass is 35.5. The normalized spacial score (nSPS) is 14.9. The predicted molar refractivity (Wildman–Crippen MR) is 108 cm³/mol. The molecular formula is C22H24ClN3O+2. The van der Waals surface area contributed by atoms with Crippen LogP contribution in [0.25, 0.3) is 0 Å². The molecule has 0 unspecified atom stereocenters. The number of aromatic amines is 1. The Morgan fingerprint density at radius 1 is 0.926 bits per heavy atom. The minimum Gasteiger partial charge on any atom is -0.457 e. The first-order chi connectivity index (χ1) is 13.3. The highest BCUT2D eigenvalue weighted by Crippen LogP contribution is 2.23. The Kier molecular flexibility index (Phi) is 5.56. The lowest BCUT2D eigenvalue weighted by Gasteiger charge is -2.28. The Bertz CT molecular complexity index is 862. The lowest BCUT2D eigenvalue weighted by Crippen LogP contribution is -3.13. The van der Waals surface area contributed by atoms with E-state index in [0.29, 0.717) is 5.02 Å². The maximum absolute atomic E-state index is 5.96. The van der Waals surface area contributed by atoms with Crippen LogP contribution in [0.3, 0.4) is 0 Å². The molecule has 27 heavy (non-hydrogen) atoms. The van der Waals surface area contributed by atoms with E-state index in [4.69, 9.17) is 16.3 Å². The summed E-state index contributed by atoms with van der Waals surface area (Å²) in [5.41, 5.74) is 1.30. The number of hydrogen-bond donors (Lipinski definition) is 1. The van der Waals surface area contributed by atoms with Crippen LogP contribution in [0, 0.1) is 0 Å². The minimum absolute atomic E-state index is 0.715. The SMILES string of the molecule is Clc1ccc(Oc2cccc(C[NH+]3CCN(c4cccc[nH+]4)CC3)c2)cc1. The van der Waals surface area contributed by atoms with Gasteiger partial charge in [0, 0.05) is 16.7 Å². The average Bonchev–Trinajstić information content (AvgIpc) is 2.71. The number of hydrogen-bond acceptors (Lipinski definition) is 2. The van der Waals surface area contributed by atoms with Crippen LogP contribution in [0.4, 0.5) is 5.82 Å². The summed E-state index contributed by atoms with van der Waals surface area (Å²) in [5, 5.41) is 0.715.